The zero-order valence-corrected chi connectivity index (χ0v) is 17.7. The molecule has 154 valence electrons. The third kappa shape index (κ3) is 5.39. The van der Waals surface area contributed by atoms with Gasteiger partial charge in [0.2, 0.25) is 0 Å². The number of rotatable bonds is 5. The van der Waals surface area contributed by atoms with Crippen molar-refractivity contribution in [1.82, 2.24) is 14.7 Å². The molecule has 0 aliphatic carbocycles. The highest BCUT2D eigenvalue weighted by atomic mass is 19.3. The van der Waals surface area contributed by atoms with Crippen molar-refractivity contribution in [1.29, 1.82) is 0 Å². The summed E-state index contributed by atoms with van der Waals surface area (Å²) in [5.41, 5.74) is 0.510. The molecule has 3 aliphatic heterocycles. The van der Waals surface area contributed by atoms with Crippen LogP contribution in [0.15, 0.2) is 0 Å². The average Bonchev–Trinajstić information content (AvgIpc) is 2.57. The lowest BCUT2D eigenvalue weighted by atomic mass is 9.72. The van der Waals surface area contributed by atoms with E-state index in [1.165, 1.54) is 25.9 Å². The Bertz CT molecular complexity index is 411. The SMILES string of the molecule is CC.CCN1CC2(CCN(CC3CCN(CC(C)C)CC3(F)F)CC2)C1. The van der Waals surface area contributed by atoms with Crippen molar-refractivity contribution in [2.75, 3.05) is 58.9 Å². The molecule has 26 heavy (non-hydrogen) atoms. The summed E-state index contributed by atoms with van der Waals surface area (Å²) in [7, 11) is 0. The van der Waals surface area contributed by atoms with E-state index in [0.29, 0.717) is 24.3 Å². The smallest absolute Gasteiger partial charge is 0.264 e. The van der Waals surface area contributed by atoms with E-state index in [0.717, 1.165) is 32.7 Å². The second kappa shape index (κ2) is 9.29. The van der Waals surface area contributed by atoms with E-state index in [-0.39, 0.29) is 6.54 Å². The van der Waals surface area contributed by atoms with Crippen molar-refractivity contribution in [3.8, 4) is 0 Å². The van der Waals surface area contributed by atoms with Gasteiger partial charge in [-0.2, -0.15) is 0 Å². The molecule has 0 aromatic heterocycles. The molecular weight excluding hydrogens is 332 g/mol. The molecule has 3 heterocycles. The predicted molar refractivity (Wildman–Crippen MR) is 106 cm³/mol. The Morgan fingerprint density at radius 2 is 1.54 bits per heavy atom. The van der Waals surface area contributed by atoms with Gasteiger partial charge in [-0.3, -0.25) is 4.90 Å². The van der Waals surface area contributed by atoms with Crippen molar-refractivity contribution >= 4 is 0 Å². The molecule has 3 rings (SSSR count). The third-order valence-electron chi connectivity index (χ3n) is 6.41. The number of nitrogens with zero attached hydrogens (tertiary/aromatic N) is 3. The number of piperidine rings is 2. The van der Waals surface area contributed by atoms with E-state index in [1.807, 2.05) is 18.7 Å². The van der Waals surface area contributed by atoms with Crippen LogP contribution in [0.2, 0.25) is 0 Å². The fourth-order valence-corrected chi connectivity index (χ4v) is 4.92. The summed E-state index contributed by atoms with van der Waals surface area (Å²) in [5, 5.41) is 0. The standard InChI is InChI=1S/C19H35F2N3.C2H6/c1-4-22-13-18(14-22)6-9-23(10-7-18)12-17-5-8-24(11-16(2)3)15-19(17,20)21;1-2/h16-17H,4-15H2,1-3H3;1-2H3. The van der Waals surface area contributed by atoms with Gasteiger partial charge in [0.05, 0.1) is 6.54 Å². The van der Waals surface area contributed by atoms with Crippen LogP contribution in [0, 0.1) is 17.3 Å². The molecule has 0 aromatic rings. The maximum atomic E-state index is 14.6. The van der Waals surface area contributed by atoms with E-state index in [4.69, 9.17) is 0 Å². The Labute approximate surface area is 160 Å². The Balaban J connectivity index is 0.00000117. The van der Waals surface area contributed by atoms with Crippen LogP contribution < -0.4 is 0 Å². The Kier molecular flexibility index (Phi) is 7.87. The minimum Gasteiger partial charge on any atom is -0.303 e. The second-order valence-corrected chi connectivity index (χ2v) is 8.98. The van der Waals surface area contributed by atoms with E-state index in [2.05, 4.69) is 30.6 Å². The molecule has 3 saturated heterocycles. The number of hydrogen-bond acceptors (Lipinski definition) is 3. The molecule has 0 radical (unpaired) electrons. The fraction of sp³-hybridized carbons (Fsp3) is 1.00. The summed E-state index contributed by atoms with van der Waals surface area (Å²) in [5.74, 6) is -2.53. The van der Waals surface area contributed by atoms with Gasteiger partial charge in [0, 0.05) is 32.1 Å². The maximum Gasteiger partial charge on any atom is 0.264 e. The van der Waals surface area contributed by atoms with Gasteiger partial charge in [-0.1, -0.05) is 34.6 Å². The highest BCUT2D eigenvalue weighted by Crippen LogP contribution is 2.41. The van der Waals surface area contributed by atoms with Gasteiger partial charge in [0.25, 0.3) is 5.92 Å². The van der Waals surface area contributed by atoms with Gasteiger partial charge in [-0.05, 0) is 56.8 Å². The molecule has 0 amide bonds. The number of likely N-dealkylation sites (tertiary alicyclic amines) is 3. The molecule has 0 saturated carbocycles. The number of alkyl halides is 2. The molecule has 1 atom stereocenters. The topological polar surface area (TPSA) is 9.72 Å². The third-order valence-corrected chi connectivity index (χ3v) is 6.41. The Hall–Kier alpha value is -0.260. The van der Waals surface area contributed by atoms with Gasteiger partial charge < -0.3 is 9.80 Å². The largest absolute Gasteiger partial charge is 0.303 e. The minimum absolute atomic E-state index is 0.0426. The highest BCUT2D eigenvalue weighted by molar-refractivity contribution is 4.98. The predicted octanol–water partition coefficient (Wildman–Crippen LogP) is 4.04. The molecule has 5 heteroatoms. The lowest BCUT2D eigenvalue weighted by Crippen LogP contribution is -2.61. The summed E-state index contributed by atoms with van der Waals surface area (Å²) in [6.45, 7) is 18.2. The molecule has 1 unspecified atom stereocenters. The van der Waals surface area contributed by atoms with Crippen LogP contribution in [0.4, 0.5) is 8.78 Å². The quantitative estimate of drug-likeness (QED) is 0.720. The second-order valence-electron chi connectivity index (χ2n) is 8.98. The molecule has 3 fully saturated rings. The Morgan fingerprint density at radius 1 is 0.923 bits per heavy atom. The van der Waals surface area contributed by atoms with E-state index < -0.39 is 11.8 Å². The van der Waals surface area contributed by atoms with Crippen LogP contribution in [0.1, 0.15) is 53.9 Å². The average molecular weight is 374 g/mol. The lowest BCUT2D eigenvalue weighted by molar-refractivity contribution is -0.125. The van der Waals surface area contributed by atoms with Crippen LogP contribution in [-0.4, -0.2) is 79.5 Å². The lowest BCUT2D eigenvalue weighted by Gasteiger charge is -2.54. The van der Waals surface area contributed by atoms with Crippen LogP contribution in [0.3, 0.4) is 0 Å². The van der Waals surface area contributed by atoms with E-state index >= 15 is 0 Å². The molecule has 0 N–H and O–H groups in total. The molecule has 3 aliphatic rings. The van der Waals surface area contributed by atoms with Gasteiger partial charge in [0.1, 0.15) is 0 Å². The number of halogens is 2. The van der Waals surface area contributed by atoms with Gasteiger partial charge in [0.15, 0.2) is 0 Å². The summed E-state index contributed by atoms with van der Waals surface area (Å²) in [4.78, 5) is 6.77. The fourth-order valence-electron chi connectivity index (χ4n) is 4.92. The van der Waals surface area contributed by atoms with Crippen molar-refractivity contribution in [3.63, 3.8) is 0 Å². The van der Waals surface area contributed by atoms with Gasteiger partial charge in [-0.15, -0.1) is 0 Å². The van der Waals surface area contributed by atoms with E-state index in [9.17, 15) is 8.78 Å². The summed E-state index contributed by atoms with van der Waals surface area (Å²) in [6.07, 6.45) is 3.04. The first-order valence-electron chi connectivity index (χ1n) is 10.9. The monoisotopic (exact) mass is 373 g/mol. The van der Waals surface area contributed by atoms with Crippen molar-refractivity contribution < 1.29 is 8.78 Å². The zero-order valence-electron chi connectivity index (χ0n) is 17.7. The molecule has 0 bridgehead atoms. The molecular formula is C21H41F2N3. The Morgan fingerprint density at radius 3 is 2.04 bits per heavy atom. The molecule has 3 nitrogen and oxygen atoms in total. The zero-order chi connectivity index (χ0) is 19.4. The maximum absolute atomic E-state index is 14.6. The summed E-state index contributed by atoms with van der Waals surface area (Å²) >= 11 is 0. The molecule has 0 aromatic carbocycles. The van der Waals surface area contributed by atoms with Crippen LogP contribution in [0.5, 0.6) is 0 Å². The summed E-state index contributed by atoms with van der Waals surface area (Å²) in [6, 6.07) is 0. The first-order valence-corrected chi connectivity index (χ1v) is 10.9. The normalized spacial score (nSPS) is 29.3. The van der Waals surface area contributed by atoms with Crippen molar-refractivity contribution in [2.24, 2.45) is 17.3 Å². The van der Waals surface area contributed by atoms with Gasteiger partial charge >= 0.3 is 0 Å². The number of hydrogen-bond donors (Lipinski definition) is 0. The van der Waals surface area contributed by atoms with Crippen LogP contribution in [0.25, 0.3) is 0 Å². The summed E-state index contributed by atoms with van der Waals surface area (Å²) < 4.78 is 29.2. The first-order chi connectivity index (χ1) is 12.3. The van der Waals surface area contributed by atoms with Crippen LogP contribution in [-0.2, 0) is 0 Å². The molecule has 1 spiro atoms. The van der Waals surface area contributed by atoms with E-state index in [1.54, 1.807) is 0 Å². The van der Waals surface area contributed by atoms with Crippen molar-refractivity contribution in [2.45, 2.75) is 59.8 Å². The van der Waals surface area contributed by atoms with Crippen molar-refractivity contribution in [3.05, 3.63) is 0 Å². The highest BCUT2D eigenvalue weighted by Gasteiger charge is 2.47. The minimum atomic E-state index is -2.53. The van der Waals surface area contributed by atoms with Gasteiger partial charge in [-0.25, -0.2) is 8.78 Å². The first kappa shape index (κ1) is 22.0. The van der Waals surface area contributed by atoms with Crippen LogP contribution >= 0.6 is 0 Å².